The van der Waals surface area contributed by atoms with Crippen molar-refractivity contribution in [2.45, 2.75) is 38.5 Å². The van der Waals surface area contributed by atoms with E-state index < -0.39 is 0 Å². The number of pyridine rings is 1. The molecule has 4 fully saturated rings. The monoisotopic (exact) mass is 311 g/mol. The predicted octanol–water partition coefficient (Wildman–Crippen LogP) is 2.47. The Bertz CT molecular complexity index is 760. The van der Waals surface area contributed by atoms with Crippen LogP contribution in [0.25, 0.3) is 5.65 Å². The SMILES string of the molecule is Nc1ccc2nc(NC(=O)C34CC5CC(CC(C5)C3)C4)nn2c1. The fourth-order valence-electron chi connectivity index (χ4n) is 5.57. The normalized spacial score (nSPS) is 34.9. The Morgan fingerprint density at radius 2 is 1.83 bits per heavy atom. The molecule has 6 rings (SSSR count). The van der Waals surface area contributed by atoms with Crippen molar-refractivity contribution in [3.63, 3.8) is 0 Å². The van der Waals surface area contributed by atoms with Gasteiger partial charge in [0.05, 0.1) is 17.3 Å². The second-order valence-corrected chi connectivity index (χ2v) is 7.85. The first kappa shape index (κ1) is 13.3. The van der Waals surface area contributed by atoms with Crippen LogP contribution >= 0.6 is 0 Å². The quantitative estimate of drug-likeness (QED) is 0.892. The smallest absolute Gasteiger partial charge is 0.249 e. The van der Waals surface area contributed by atoms with Crippen LogP contribution in [0.15, 0.2) is 18.3 Å². The van der Waals surface area contributed by atoms with Crippen LogP contribution in [0, 0.1) is 23.2 Å². The van der Waals surface area contributed by atoms with Crippen molar-refractivity contribution in [2.24, 2.45) is 23.2 Å². The zero-order valence-electron chi connectivity index (χ0n) is 13.0. The molecule has 2 aromatic rings. The van der Waals surface area contributed by atoms with Crippen molar-refractivity contribution in [3.05, 3.63) is 18.3 Å². The number of nitrogens with zero attached hydrogens (tertiary/aromatic N) is 3. The van der Waals surface area contributed by atoms with Crippen LogP contribution in [-0.2, 0) is 4.79 Å². The van der Waals surface area contributed by atoms with Gasteiger partial charge in [-0.15, -0.1) is 5.10 Å². The number of carbonyl (C=O) groups excluding carboxylic acids is 1. The lowest BCUT2D eigenvalue weighted by Gasteiger charge is -2.55. The van der Waals surface area contributed by atoms with Gasteiger partial charge in [-0.2, -0.15) is 4.98 Å². The molecular weight excluding hydrogens is 290 g/mol. The lowest BCUT2D eigenvalue weighted by molar-refractivity contribution is -0.140. The molecule has 0 aromatic carbocycles. The van der Waals surface area contributed by atoms with Gasteiger partial charge in [0.2, 0.25) is 11.9 Å². The van der Waals surface area contributed by atoms with Gasteiger partial charge in [0.1, 0.15) is 0 Å². The lowest BCUT2D eigenvalue weighted by Crippen LogP contribution is -2.51. The number of fused-ring (bicyclic) bond motifs is 1. The molecule has 0 radical (unpaired) electrons. The predicted molar refractivity (Wildman–Crippen MR) is 86.6 cm³/mol. The first-order valence-corrected chi connectivity index (χ1v) is 8.53. The minimum absolute atomic E-state index is 0.125. The topological polar surface area (TPSA) is 85.3 Å². The van der Waals surface area contributed by atoms with Gasteiger partial charge in [-0.1, -0.05) is 0 Å². The highest BCUT2D eigenvalue weighted by molar-refractivity contribution is 5.94. The fourth-order valence-corrected chi connectivity index (χ4v) is 5.57. The van der Waals surface area contributed by atoms with E-state index in [0.29, 0.717) is 17.3 Å². The van der Waals surface area contributed by atoms with E-state index >= 15 is 0 Å². The minimum atomic E-state index is -0.175. The number of nitrogen functional groups attached to an aromatic ring is 1. The number of hydrogen-bond donors (Lipinski definition) is 2. The molecule has 2 heterocycles. The van der Waals surface area contributed by atoms with E-state index in [1.54, 1.807) is 16.8 Å². The Morgan fingerprint density at radius 3 is 2.48 bits per heavy atom. The molecule has 4 bridgehead atoms. The Balaban J connectivity index is 1.42. The zero-order chi connectivity index (χ0) is 15.6. The first-order valence-electron chi connectivity index (χ1n) is 8.53. The third kappa shape index (κ3) is 2.04. The van der Waals surface area contributed by atoms with Crippen molar-refractivity contribution < 1.29 is 4.79 Å². The summed E-state index contributed by atoms with van der Waals surface area (Å²) in [7, 11) is 0. The molecule has 120 valence electrons. The molecule has 0 saturated heterocycles. The average Bonchev–Trinajstić information content (AvgIpc) is 2.87. The van der Waals surface area contributed by atoms with Crippen molar-refractivity contribution in [1.82, 2.24) is 14.6 Å². The third-order valence-electron chi connectivity index (χ3n) is 6.10. The second-order valence-electron chi connectivity index (χ2n) is 7.85. The van der Waals surface area contributed by atoms with Crippen molar-refractivity contribution >= 4 is 23.2 Å². The lowest BCUT2D eigenvalue weighted by atomic mass is 9.49. The molecule has 0 unspecified atom stereocenters. The van der Waals surface area contributed by atoms with Gasteiger partial charge in [-0.05, 0) is 68.4 Å². The van der Waals surface area contributed by atoms with Gasteiger partial charge in [0, 0.05) is 0 Å². The average molecular weight is 311 g/mol. The van der Waals surface area contributed by atoms with E-state index in [0.717, 1.165) is 37.0 Å². The maximum Gasteiger partial charge on any atom is 0.249 e. The van der Waals surface area contributed by atoms with Crippen molar-refractivity contribution in [3.8, 4) is 0 Å². The van der Waals surface area contributed by atoms with Gasteiger partial charge in [0.25, 0.3) is 0 Å². The molecule has 2 aromatic heterocycles. The second kappa shape index (κ2) is 4.46. The van der Waals surface area contributed by atoms with E-state index in [4.69, 9.17) is 5.73 Å². The number of anilines is 2. The molecule has 0 spiro atoms. The van der Waals surface area contributed by atoms with Crippen LogP contribution in [0.5, 0.6) is 0 Å². The van der Waals surface area contributed by atoms with Gasteiger partial charge in [0.15, 0.2) is 5.65 Å². The van der Waals surface area contributed by atoms with Crippen LogP contribution in [-0.4, -0.2) is 20.5 Å². The van der Waals surface area contributed by atoms with Crippen LogP contribution in [0.3, 0.4) is 0 Å². The molecule has 1 amide bonds. The summed E-state index contributed by atoms with van der Waals surface area (Å²) in [5.41, 5.74) is 6.91. The molecule has 6 heteroatoms. The molecule has 0 aliphatic heterocycles. The van der Waals surface area contributed by atoms with Gasteiger partial charge >= 0.3 is 0 Å². The summed E-state index contributed by atoms with van der Waals surface area (Å²) >= 11 is 0. The Kier molecular flexibility index (Phi) is 2.59. The van der Waals surface area contributed by atoms with Gasteiger partial charge in [-0.25, -0.2) is 4.52 Å². The highest BCUT2D eigenvalue weighted by Gasteiger charge is 2.54. The van der Waals surface area contributed by atoms with Crippen LogP contribution in [0.2, 0.25) is 0 Å². The highest BCUT2D eigenvalue weighted by Crippen LogP contribution is 2.60. The van der Waals surface area contributed by atoms with E-state index in [9.17, 15) is 4.79 Å². The summed E-state index contributed by atoms with van der Waals surface area (Å²) in [5.74, 6) is 2.76. The molecule has 3 N–H and O–H groups in total. The fraction of sp³-hybridized carbons (Fsp3) is 0.588. The standard InChI is InChI=1S/C17H21N5O/c18-13-1-2-14-19-16(21-22(14)9-13)20-15(23)17-6-10-3-11(7-17)5-12(4-10)8-17/h1-2,9-12H,3-8,18H2,(H,20,21,23). The van der Waals surface area contributed by atoms with E-state index in [-0.39, 0.29) is 11.3 Å². The Morgan fingerprint density at radius 1 is 1.17 bits per heavy atom. The molecular formula is C17H21N5O. The summed E-state index contributed by atoms with van der Waals surface area (Å²) in [6, 6.07) is 3.59. The van der Waals surface area contributed by atoms with Gasteiger partial charge in [-0.3, -0.25) is 10.1 Å². The number of carbonyl (C=O) groups is 1. The molecule has 4 aliphatic carbocycles. The molecule has 4 saturated carbocycles. The molecule has 0 atom stereocenters. The maximum absolute atomic E-state index is 13.0. The summed E-state index contributed by atoms with van der Waals surface area (Å²) in [6.45, 7) is 0. The number of aromatic nitrogens is 3. The minimum Gasteiger partial charge on any atom is -0.397 e. The number of nitrogens with one attached hydrogen (secondary N) is 1. The van der Waals surface area contributed by atoms with E-state index in [1.807, 2.05) is 6.07 Å². The largest absolute Gasteiger partial charge is 0.397 e. The van der Waals surface area contributed by atoms with E-state index in [2.05, 4.69) is 15.4 Å². The number of rotatable bonds is 2. The summed E-state index contributed by atoms with van der Waals surface area (Å²) in [4.78, 5) is 17.4. The van der Waals surface area contributed by atoms with Crippen LogP contribution in [0.4, 0.5) is 11.6 Å². The van der Waals surface area contributed by atoms with Crippen molar-refractivity contribution in [1.29, 1.82) is 0 Å². The summed E-state index contributed by atoms with van der Waals surface area (Å²) in [5, 5.41) is 7.32. The molecule has 23 heavy (non-hydrogen) atoms. The first-order chi connectivity index (χ1) is 11.1. The van der Waals surface area contributed by atoms with Crippen LogP contribution in [0.1, 0.15) is 38.5 Å². The van der Waals surface area contributed by atoms with Gasteiger partial charge < -0.3 is 5.73 Å². The van der Waals surface area contributed by atoms with Crippen molar-refractivity contribution in [2.75, 3.05) is 11.1 Å². The number of nitrogens with two attached hydrogens (primary N) is 1. The molecule has 6 nitrogen and oxygen atoms in total. The van der Waals surface area contributed by atoms with E-state index in [1.165, 1.54) is 19.3 Å². The number of amides is 1. The zero-order valence-corrected chi connectivity index (χ0v) is 13.0. The third-order valence-corrected chi connectivity index (χ3v) is 6.10. The Hall–Kier alpha value is -2.11. The Labute approximate surface area is 134 Å². The summed E-state index contributed by atoms with van der Waals surface area (Å²) in [6.07, 6.45) is 8.85. The molecule has 4 aliphatic rings. The van der Waals surface area contributed by atoms with Crippen LogP contribution < -0.4 is 11.1 Å². The summed E-state index contributed by atoms with van der Waals surface area (Å²) < 4.78 is 1.62. The maximum atomic E-state index is 13.0. The highest BCUT2D eigenvalue weighted by atomic mass is 16.2. The number of hydrogen-bond acceptors (Lipinski definition) is 4.